The molecule has 1 spiro atoms. The molecule has 0 amide bonds. The smallest absolute Gasteiger partial charge is 0.272 e. The zero-order valence-corrected chi connectivity index (χ0v) is 11.7. The fourth-order valence-electron chi connectivity index (χ4n) is 6.74. The maximum atomic E-state index is 6.86. The van der Waals surface area contributed by atoms with Gasteiger partial charge < -0.3 is 19.9 Å². The molecule has 4 saturated carbocycles. The van der Waals surface area contributed by atoms with E-state index in [-0.39, 0.29) is 17.2 Å². The number of fused-ring (bicyclic) bond motifs is 6. The fraction of sp³-hybridized carbons (Fsp3) is 1.00. The molecule has 3 unspecified atom stereocenters. The topological polar surface area (TPSA) is 53.7 Å². The summed E-state index contributed by atoms with van der Waals surface area (Å²) in [5, 5.41) is 0. The number of ether oxygens (including phenoxy) is 3. The number of hydrogen-bond donors (Lipinski definition) is 1. The molecule has 0 aromatic carbocycles. The minimum absolute atomic E-state index is 0.0473. The minimum Gasteiger partial charge on any atom is -0.330 e. The Morgan fingerprint density at radius 3 is 2.89 bits per heavy atom. The average molecular weight is 265 g/mol. The van der Waals surface area contributed by atoms with Crippen LogP contribution in [0.25, 0.3) is 0 Å². The summed E-state index contributed by atoms with van der Waals surface area (Å²) >= 11 is 0. The molecule has 1 aliphatic heterocycles. The quantitative estimate of drug-likeness (QED) is 0.824. The van der Waals surface area contributed by atoms with Gasteiger partial charge >= 0.3 is 0 Å². The van der Waals surface area contributed by atoms with Crippen molar-refractivity contribution in [2.75, 3.05) is 6.61 Å². The Morgan fingerprint density at radius 2 is 2.11 bits per heavy atom. The van der Waals surface area contributed by atoms with E-state index in [1.807, 2.05) is 6.92 Å². The van der Waals surface area contributed by atoms with E-state index in [2.05, 4.69) is 6.92 Å². The third kappa shape index (κ3) is 0.945. The lowest BCUT2D eigenvalue weighted by atomic mass is 9.80. The van der Waals surface area contributed by atoms with Crippen molar-refractivity contribution in [2.24, 2.45) is 28.9 Å². The van der Waals surface area contributed by atoms with E-state index in [1.54, 1.807) is 0 Å². The largest absolute Gasteiger partial charge is 0.330 e. The Labute approximate surface area is 113 Å². The average Bonchev–Trinajstić information content (AvgIpc) is 2.78. The Morgan fingerprint density at radius 1 is 1.32 bits per heavy atom. The molecule has 4 nitrogen and oxygen atoms in total. The molecule has 5 aliphatic rings. The molecule has 5 rings (SSSR count). The van der Waals surface area contributed by atoms with Crippen LogP contribution < -0.4 is 5.73 Å². The third-order valence-electron chi connectivity index (χ3n) is 7.22. The zero-order chi connectivity index (χ0) is 13.0. The van der Waals surface area contributed by atoms with Gasteiger partial charge in [-0.15, -0.1) is 0 Å². The molecule has 2 bridgehead atoms. The SMILES string of the molecule is CCOC1OC2C[C@]34C([C@@]2(C)O1)[C@]3(N)[C@H]1CC[C@@H]4C1. The number of hydrogen-bond acceptors (Lipinski definition) is 4. The van der Waals surface area contributed by atoms with E-state index in [0.29, 0.717) is 17.9 Å². The van der Waals surface area contributed by atoms with Crippen LogP contribution in [0.4, 0.5) is 0 Å². The summed E-state index contributed by atoms with van der Waals surface area (Å²) in [6.45, 7) is 4.34. The van der Waals surface area contributed by atoms with Gasteiger partial charge in [0.1, 0.15) is 5.60 Å². The standard InChI is InChI=1S/C15H23NO3/c1-3-17-12-18-10-7-14-8-4-5-9(6-8)15(14,16)11(14)13(10,2)19-12/h8-12H,3-7,16H2,1-2H3/t8-,9+,10?,11?,12?,13+,14+,15-/m1/s1. The first-order valence-electron chi connectivity index (χ1n) is 7.81. The minimum atomic E-state index is -0.472. The van der Waals surface area contributed by atoms with Gasteiger partial charge in [-0.2, -0.15) is 0 Å². The molecule has 8 atom stereocenters. The Kier molecular flexibility index (Phi) is 1.83. The molecule has 5 fully saturated rings. The van der Waals surface area contributed by atoms with E-state index in [4.69, 9.17) is 19.9 Å². The molecule has 0 aromatic heterocycles. The summed E-state index contributed by atoms with van der Waals surface area (Å²) in [6, 6.07) is 0. The van der Waals surface area contributed by atoms with Crippen LogP contribution in [-0.2, 0) is 14.2 Å². The zero-order valence-electron chi connectivity index (χ0n) is 11.7. The highest BCUT2D eigenvalue weighted by Gasteiger charge is 2.93. The van der Waals surface area contributed by atoms with Crippen molar-refractivity contribution in [1.82, 2.24) is 0 Å². The van der Waals surface area contributed by atoms with Gasteiger partial charge in [0.15, 0.2) is 0 Å². The maximum absolute atomic E-state index is 6.86. The number of nitrogens with two attached hydrogens (primary N) is 1. The lowest BCUT2D eigenvalue weighted by Gasteiger charge is -2.32. The van der Waals surface area contributed by atoms with E-state index in [1.165, 1.54) is 19.3 Å². The van der Waals surface area contributed by atoms with Crippen molar-refractivity contribution >= 4 is 0 Å². The van der Waals surface area contributed by atoms with Crippen LogP contribution >= 0.6 is 0 Å². The Bertz CT molecular complexity index is 457. The Hall–Kier alpha value is -0.160. The van der Waals surface area contributed by atoms with Gasteiger partial charge in [0.2, 0.25) is 0 Å². The molecule has 0 aromatic rings. The van der Waals surface area contributed by atoms with Crippen LogP contribution in [0.3, 0.4) is 0 Å². The second kappa shape index (κ2) is 3.03. The molecular weight excluding hydrogens is 242 g/mol. The fourth-order valence-corrected chi connectivity index (χ4v) is 6.74. The highest BCUT2D eigenvalue weighted by atomic mass is 16.9. The van der Waals surface area contributed by atoms with Gasteiger partial charge in [0.25, 0.3) is 6.48 Å². The molecule has 106 valence electrons. The van der Waals surface area contributed by atoms with E-state index < -0.39 is 6.48 Å². The van der Waals surface area contributed by atoms with Crippen LogP contribution in [0.1, 0.15) is 39.5 Å². The molecular formula is C15H23NO3. The summed E-state index contributed by atoms with van der Waals surface area (Å²) < 4.78 is 17.7. The summed E-state index contributed by atoms with van der Waals surface area (Å²) in [6.07, 6.45) is 5.33. The van der Waals surface area contributed by atoms with Crippen molar-refractivity contribution < 1.29 is 14.2 Å². The van der Waals surface area contributed by atoms with E-state index in [0.717, 1.165) is 18.3 Å². The first-order valence-corrected chi connectivity index (χ1v) is 7.81. The lowest BCUT2D eigenvalue weighted by Crippen LogP contribution is -2.48. The van der Waals surface area contributed by atoms with Gasteiger partial charge in [0, 0.05) is 23.5 Å². The number of rotatable bonds is 2. The highest BCUT2D eigenvalue weighted by molar-refractivity contribution is 5.44. The molecule has 1 saturated heterocycles. The second-order valence-corrected chi connectivity index (χ2v) is 7.49. The summed E-state index contributed by atoms with van der Waals surface area (Å²) in [5.74, 6) is 2.05. The van der Waals surface area contributed by atoms with Crippen molar-refractivity contribution in [3.05, 3.63) is 0 Å². The van der Waals surface area contributed by atoms with Gasteiger partial charge in [0.05, 0.1) is 6.10 Å². The van der Waals surface area contributed by atoms with Gasteiger partial charge in [-0.05, 0) is 51.4 Å². The summed E-state index contributed by atoms with van der Waals surface area (Å²) in [4.78, 5) is 0. The Balaban J connectivity index is 1.51. The highest BCUT2D eigenvalue weighted by Crippen LogP contribution is 2.87. The molecule has 1 heterocycles. The third-order valence-corrected chi connectivity index (χ3v) is 7.22. The van der Waals surface area contributed by atoms with Crippen molar-refractivity contribution in [3.8, 4) is 0 Å². The predicted octanol–water partition coefficient (Wildman–Crippen LogP) is 1.63. The molecule has 2 N–H and O–H groups in total. The normalized spacial score (nSPS) is 68.1. The van der Waals surface area contributed by atoms with Crippen molar-refractivity contribution in [3.63, 3.8) is 0 Å². The van der Waals surface area contributed by atoms with Crippen LogP contribution in [0.5, 0.6) is 0 Å². The van der Waals surface area contributed by atoms with Gasteiger partial charge in [-0.25, -0.2) is 0 Å². The van der Waals surface area contributed by atoms with Crippen LogP contribution in [0, 0.1) is 23.2 Å². The van der Waals surface area contributed by atoms with Crippen molar-refractivity contribution in [2.45, 2.75) is 63.3 Å². The monoisotopic (exact) mass is 265 g/mol. The lowest BCUT2D eigenvalue weighted by molar-refractivity contribution is -0.254. The molecule has 4 aliphatic carbocycles. The maximum Gasteiger partial charge on any atom is 0.272 e. The van der Waals surface area contributed by atoms with Gasteiger partial charge in [-0.1, -0.05) is 0 Å². The molecule has 4 heteroatoms. The second-order valence-electron chi connectivity index (χ2n) is 7.49. The summed E-state index contributed by atoms with van der Waals surface area (Å²) in [5.41, 5.74) is 7.04. The molecule has 0 radical (unpaired) electrons. The first-order chi connectivity index (χ1) is 9.07. The van der Waals surface area contributed by atoms with Crippen LogP contribution in [-0.4, -0.2) is 30.3 Å². The van der Waals surface area contributed by atoms with E-state index in [9.17, 15) is 0 Å². The van der Waals surface area contributed by atoms with Crippen molar-refractivity contribution in [1.29, 1.82) is 0 Å². The summed E-state index contributed by atoms with van der Waals surface area (Å²) in [7, 11) is 0. The molecule has 19 heavy (non-hydrogen) atoms. The predicted molar refractivity (Wildman–Crippen MR) is 68.1 cm³/mol. The van der Waals surface area contributed by atoms with Crippen LogP contribution in [0.2, 0.25) is 0 Å². The first kappa shape index (κ1) is 11.5. The van der Waals surface area contributed by atoms with E-state index >= 15 is 0 Å². The van der Waals surface area contributed by atoms with Crippen LogP contribution in [0.15, 0.2) is 0 Å². The van der Waals surface area contributed by atoms with Gasteiger partial charge in [-0.3, -0.25) is 0 Å².